The molecule has 30 heavy (non-hydrogen) atoms. The second-order valence-corrected chi connectivity index (χ2v) is 8.23. The Labute approximate surface area is 177 Å². The maximum Gasteiger partial charge on any atom is 0.231 e. The van der Waals surface area contributed by atoms with Gasteiger partial charge >= 0.3 is 0 Å². The van der Waals surface area contributed by atoms with Gasteiger partial charge in [-0.3, -0.25) is 0 Å². The third-order valence-corrected chi connectivity index (χ3v) is 6.45. The van der Waals surface area contributed by atoms with Gasteiger partial charge in [0.2, 0.25) is 6.79 Å². The SMILES string of the molecule is COc1cc2c(cc1-c1nccn1CC1(c3ccccc3)CCN(C)CC1)OCO2. The maximum atomic E-state index is 5.67. The summed E-state index contributed by atoms with van der Waals surface area (Å²) in [5.41, 5.74) is 2.39. The van der Waals surface area contributed by atoms with Crippen LogP contribution in [0.2, 0.25) is 0 Å². The molecular formula is C24H27N3O3. The highest BCUT2D eigenvalue weighted by atomic mass is 16.7. The Morgan fingerprint density at radius 1 is 1.07 bits per heavy atom. The fraction of sp³-hybridized carbons (Fsp3) is 0.375. The van der Waals surface area contributed by atoms with Crippen LogP contribution in [-0.2, 0) is 12.0 Å². The summed E-state index contributed by atoms with van der Waals surface area (Å²) >= 11 is 0. The number of piperidine rings is 1. The van der Waals surface area contributed by atoms with Crippen LogP contribution in [0.5, 0.6) is 17.2 Å². The first-order valence-corrected chi connectivity index (χ1v) is 10.4. The molecule has 6 nitrogen and oxygen atoms in total. The van der Waals surface area contributed by atoms with Crippen LogP contribution in [0.3, 0.4) is 0 Å². The number of imidazole rings is 1. The summed E-state index contributed by atoms with van der Waals surface area (Å²) in [5, 5.41) is 0. The molecule has 0 aliphatic carbocycles. The molecule has 0 radical (unpaired) electrons. The first kappa shape index (κ1) is 19.0. The summed E-state index contributed by atoms with van der Waals surface area (Å²) in [6.45, 7) is 3.29. The van der Waals surface area contributed by atoms with Crippen LogP contribution in [0.25, 0.3) is 11.4 Å². The third-order valence-electron chi connectivity index (χ3n) is 6.45. The first-order chi connectivity index (χ1) is 14.7. The molecule has 5 rings (SSSR count). The fourth-order valence-corrected chi connectivity index (χ4v) is 4.65. The van der Waals surface area contributed by atoms with E-state index in [1.807, 2.05) is 18.3 Å². The van der Waals surface area contributed by atoms with Crippen molar-refractivity contribution < 1.29 is 14.2 Å². The Morgan fingerprint density at radius 2 is 1.80 bits per heavy atom. The van der Waals surface area contributed by atoms with Crippen molar-refractivity contribution in [2.24, 2.45) is 0 Å². The molecule has 1 aromatic heterocycles. The number of aromatic nitrogens is 2. The lowest BCUT2D eigenvalue weighted by molar-refractivity contribution is 0.170. The molecule has 1 saturated heterocycles. The molecule has 0 bridgehead atoms. The zero-order chi connectivity index (χ0) is 20.6. The van der Waals surface area contributed by atoms with Gasteiger partial charge in [0.25, 0.3) is 0 Å². The molecule has 0 amide bonds. The monoisotopic (exact) mass is 405 g/mol. The van der Waals surface area contributed by atoms with Crippen molar-refractivity contribution in [3.63, 3.8) is 0 Å². The van der Waals surface area contributed by atoms with Gasteiger partial charge in [-0.2, -0.15) is 0 Å². The average molecular weight is 405 g/mol. The highest BCUT2D eigenvalue weighted by Gasteiger charge is 2.36. The van der Waals surface area contributed by atoms with Crippen LogP contribution in [0.1, 0.15) is 18.4 Å². The predicted octanol–water partition coefficient (Wildman–Crippen LogP) is 3.95. The standard InChI is InChI=1S/C24H27N3O3/c1-26-11-8-24(9-12-26,18-6-4-3-5-7-18)16-27-13-10-25-23(27)19-14-21-22(30-17-29-21)15-20(19)28-2/h3-7,10,13-15H,8-9,11-12,16-17H2,1-2H3. The van der Waals surface area contributed by atoms with Crippen molar-refractivity contribution in [1.82, 2.24) is 14.5 Å². The molecule has 2 aliphatic heterocycles. The van der Waals surface area contributed by atoms with E-state index in [4.69, 9.17) is 19.2 Å². The Kier molecular flexibility index (Phi) is 4.87. The zero-order valence-electron chi connectivity index (χ0n) is 17.5. The normalized spacial score (nSPS) is 17.8. The molecule has 2 aliphatic rings. The lowest BCUT2D eigenvalue weighted by atomic mass is 9.72. The number of nitrogens with zero attached hydrogens (tertiary/aromatic N) is 3. The summed E-state index contributed by atoms with van der Waals surface area (Å²) < 4.78 is 19.1. The average Bonchev–Trinajstić information content (AvgIpc) is 3.44. The summed E-state index contributed by atoms with van der Waals surface area (Å²) in [6.07, 6.45) is 6.17. The molecule has 6 heteroatoms. The molecule has 156 valence electrons. The Morgan fingerprint density at radius 3 is 2.53 bits per heavy atom. The van der Waals surface area contributed by atoms with Crippen LogP contribution in [0, 0.1) is 0 Å². The Bertz CT molecular complexity index is 1020. The highest BCUT2D eigenvalue weighted by molar-refractivity contribution is 5.70. The number of hydrogen-bond acceptors (Lipinski definition) is 5. The van der Waals surface area contributed by atoms with Crippen LogP contribution >= 0.6 is 0 Å². The minimum absolute atomic E-state index is 0.0762. The van der Waals surface area contributed by atoms with Gasteiger partial charge in [0.05, 0.1) is 12.7 Å². The van der Waals surface area contributed by atoms with Crippen molar-refractivity contribution in [3.05, 3.63) is 60.4 Å². The number of methoxy groups -OCH3 is 1. The summed E-state index contributed by atoms with van der Waals surface area (Å²) in [7, 11) is 3.88. The second kappa shape index (κ2) is 7.69. The fourth-order valence-electron chi connectivity index (χ4n) is 4.65. The molecule has 2 aromatic carbocycles. The largest absolute Gasteiger partial charge is 0.496 e. The Balaban J connectivity index is 1.55. The summed E-state index contributed by atoms with van der Waals surface area (Å²) in [6, 6.07) is 14.8. The van der Waals surface area contributed by atoms with E-state index in [2.05, 4.69) is 53.0 Å². The van der Waals surface area contributed by atoms with E-state index >= 15 is 0 Å². The minimum Gasteiger partial charge on any atom is -0.496 e. The number of fused-ring (bicyclic) bond motifs is 1. The number of benzene rings is 2. The van der Waals surface area contributed by atoms with Gasteiger partial charge in [0, 0.05) is 30.4 Å². The van der Waals surface area contributed by atoms with Gasteiger partial charge in [0.15, 0.2) is 11.5 Å². The number of hydrogen-bond donors (Lipinski definition) is 0. The van der Waals surface area contributed by atoms with Crippen LogP contribution < -0.4 is 14.2 Å². The summed E-state index contributed by atoms with van der Waals surface area (Å²) in [5.74, 6) is 3.07. The third kappa shape index (κ3) is 3.31. The first-order valence-electron chi connectivity index (χ1n) is 10.4. The molecule has 0 unspecified atom stereocenters. The van der Waals surface area contributed by atoms with Gasteiger partial charge in [-0.15, -0.1) is 0 Å². The molecule has 0 spiro atoms. The summed E-state index contributed by atoms with van der Waals surface area (Å²) in [4.78, 5) is 7.12. The van der Waals surface area contributed by atoms with Gasteiger partial charge < -0.3 is 23.7 Å². The van der Waals surface area contributed by atoms with Crippen molar-refractivity contribution in [2.75, 3.05) is 34.0 Å². The lowest BCUT2D eigenvalue weighted by Crippen LogP contribution is -2.43. The van der Waals surface area contributed by atoms with Crippen LogP contribution in [0.4, 0.5) is 0 Å². The number of likely N-dealkylation sites (tertiary alicyclic amines) is 1. The lowest BCUT2D eigenvalue weighted by Gasteiger charge is -2.41. The molecule has 3 aromatic rings. The predicted molar refractivity (Wildman–Crippen MR) is 115 cm³/mol. The Hall–Kier alpha value is -2.99. The molecular weight excluding hydrogens is 378 g/mol. The van der Waals surface area contributed by atoms with Crippen molar-refractivity contribution >= 4 is 0 Å². The number of rotatable bonds is 5. The van der Waals surface area contributed by atoms with Gasteiger partial charge in [-0.25, -0.2) is 4.98 Å². The van der Waals surface area contributed by atoms with Crippen LogP contribution in [-0.4, -0.2) is 48.5 Å². The molecule has 0 atom stereocenters. The smallest absolute Gasteiger partial charge is 0.231 e. The van der Waals surface area contributed by atoms with Crippen molar-refractivity contribution in [2.45, 2.75) is 24.8 Å². The van der Waals surface area contributed by atoms with E-state index in [9.17, 15) is 0 Å². The minimum atomic E-state index is 0.0762. The second-order valence-electron chi connectivity index (χ2n) is 8.23. The van der Waals surface area contributed by atoms with Gasteiger partial charge in [-0.05, 0) is 44.6 Å². The van der Waals surface area contributed by atoms with E-state index in [0.717, 1.165) is 55.4 Å². The quantitative estimate of drug-likeness (QED) is 0.643. The van der Waals surface area contributed by atoms with E-state index in [0.29, 0.717) is 5.75 Å². The van der Waals surface area contributed by atoms with E-state index in [1.54, 1.807) is 7.11 Å². The van der Waals surface area contributed by atoms with Crippen LogP contribution in [0.15, 0.2) is 54.9 Å². The van der Waals surface area contributed by atoms with E-state index in [-0.39, 0.29) is 12.2 Å². The molecule has 1 fully saturated rings. The zero-order valence-corrected chi connectivity index (χ0v) is 17.5. The topological polar surface area (TPSA) is 48.8 Å². The van der Waals surface area contributed by atoms with Crippen molar-refractivity contribution in [1.29, 1.82) is 0 Å². The van der Waals surface area contributed by atoms with Gasteiger partial charge in [0.1, 0.15) is 11.6 Å². The molecule has 0 saturated carbocycles. The maximum absolute atomic E-state index is 5.67. The number of ether oxygens (including phenoxy) is 3. The van der Waals surface area contributed by atoms with E-state index < -0.39 is 0 Å². The van der Waals surface area contributed by atoms with Crippen molar-refractivity contribution in [3.8, 4) is 28.6 Å². The highest BCUT2D eigenvalue weighted by Crippen LogP contribution is 2.43. The molecule has 0 N–H and O–H groups in total. The van der Waals surface area contributed by atoms with E-state index in [1.165, 1.54) is 5.56 Å². The van der Waals surface area contributed by atoms with Gasteiger partial charge in [-0.1, -0.05) is 30.3 Å². The molecule has 3 heterocycles.